The van der Waals surface area contributed by atoms with Gasteiger partial charge in [0.25, 0.3) is 0 Å². The van der Waals surface area contributed by atoms with Gasteiger partial charge in [-0.2, -0.15) is 0 Å². The molecule has 0 amide bonds. The predicted octanol–water partition coefficient (Wildman–Crippen LogP) is 2.05. The molecule has 0 aromatic carbocycles. The molecular weight excluding hydrogens is 218 g/mol. The van der Waals surface area contributed by atoms with Gasteiger partial charge in [0, 0.05) is 22.2 Å². The van der Waals surface area contributed by atoms with Crippen LogP contribution in [0.25, 0.3) is 0 Å². The van der Waals surface area contributed by atoms with Crippen LogP contribution in [0.4, 0.5) is 0 Å². The summed E-state index contributed by atoms with van der Waals surface area (Å²) >= 11 is 3.47. The van der Waals surface area contributed by atoms with Crippen LogP contribution < -0.4 is 0 Å². The molecule has 1 N–H and O–H groups in total. The second-order valence-electron chi connectivity index (χ2n) is 3.21. The van der Waals surface area contributed by atoms with Crippen molar-refractivity contribution in [2.75, 3.05) is 0 Å². The van der Waals surface area contributed by atoms with E-state index in [1.807, 2.05) is 13.8 Å². The minimum absolute atomic E-state index is 0.288. The van der Waals surface area contributed by atoms with Crippen molar-refractivity contribution in [2.24, 2.45) is 0 Å². The third kappa shape index (κ3) is 0.930. The minimum atomic E-state index is -0.288. The molecule has 2 rings (SSSR count). The van der Waals surface area contributed by atoms with Crippen molar-refractivity contribution in [2.45, 2.75) is 26.4 Å². The molecule has 1 aromatic rings. The highest BCUT2D eigenvalue weighted by Crippen LogP contribution is 2.40. The van der Waals surface area contributed by atoms with Crippen molar-refractivity contribution in [1.82, 2.24) is 4.98 Å². The van der Waals surface area contributed by atoms with Crippen molar-refractivity contribution in [1.29, 1.82) is 0 Å². The van der Waals surface area contributed by atoms with Gasteiger partial charge in [-0.15, -0.1) is 0 Å². The number of hydrogen-bond donors (Lipinski definition) is 1. The van der Waals surface area contributed by atoms with Gasteiger partial charge >= 0.3 is 0 Å². The van der Waals surface area contributed by atoms with Crippen LogP contribution in [0, 0.1) is 13.8 Å². The van der Waals surface area contributed by atoms with E-state index in [9.17, 15) is 5.11 Å². The lowest BCUT2D eigenvalue weighted by Gasteiger charge is -2.29. The first-order chi connectivity index (χ1) is 5.61. The molecule has 2 nitrogen and oxygen atoms in total. The zero-order valence-electron chi connectivity index (χ0n) is 7.06. The second kappa shape index (κ2) is 2.54. The third-order valence-corrected chi connectivity index (χ3v) is 3.42. The standard InChI is InChI=1S/C9H10BrNO/c1-4-8-6(3-7(8)12)9(10)5(2)11-4/h7,12H,3H2,1-2H3. The van der Waals surface area contributed by atoms with Crippen LogP contribution in [0.3, 0.4) is 0 Å². The molecule has 0 aliphatic heterocycles. The van der Waals surface area contributed by atoms with E-state index in [1.54, 1.807) is 0 Å². The number of aromatic nitrogens is 1. The Bertz CT molecular complexity index is 349. The Morgan fingerprint density at radius 3 is 2.67 bits per heavy atom. The van der Waals surface area contributed by atoms with Gasteiger partial charge in [0.05, 0.1) is 11.8 Å². The van der Waals surface area contributed by atoms with Crippen LogP contribution in [-0.4, -0.2) is 10.1 Å². The third-order valence-electron chi connectivity index (χ3n) is 2.36. The Balaban J connectivity index is 2.67. The Labute approximate surface area is 79.8 Å². The molecule has 64 valence electrons. The highest BCUT2D eigenvalue weighted by molar-refractivity contribution is 9.10. The molecule has 0 saturated heterocycles. The number of aliphatic hydroxyl groups excluding tert-OH is 1. The van der Waals surface area contributed by atoms with Crippen LogP contribution in [-0.2, 0) is 6.42 Å². The first-order valence-electron chi connectivity index (χ1n) is 3.94. The van der Waals surface area contributed by atoms with Gasteiger partial charge in [-0.25, -0.2) is 0 Å². The van der Waals surface area contributed by atoms with Gasteiger partial charge in [0.1, 0.15) is 0 Å². The van der Waals surface area contributed by atoms with Crippen LogP contribution >= 0.6 is 15.9 Å². The molecule has 0 radical (unpaired) electrons. The van der Waals surface area contributed by atoms with Gasteiger partial charge in [0.2, 0.25) is 0 Å². The first kappa shape index (κ1) is 8.20. The summed E-state index contributed by atoms with van der Waals surface area (Å²) in [4.78, 5) is 4.33. The minimum Gasteiger partial charge on any atom is -0.388 e. The summed E-state index contributed by atoms with van der Waals surface area (Å²) in [5.41, 5.74) is 4.22. The lowest BCUT2D eigenvalue weighted by atomic mass is 9.84. The van der Waals surface area contributed by atoms with Crippen molar-refractivity contribution < 1.29 is 5.11 Å². The predicted molar refractivity (Wildman–Crippen MR) is 50.1 cm³/mol. The maximum Gasteiger partial charge on any atom is 0.0851 e. The number of hydrogen-bond acceptors (Lipinski definition) is 2. The van der Waals surface area contributed by atoms with E-state index in [1.165, 1.54) is 5.56 Å². The quantitative estimate of drug-likeness (QED) is 0.737. The summed E-state index contributed by atoms with van der Waals surface area (Å²) in [5, 5.41) is 9.44. The molecular formula is C9H10BrNO. The van der Waals surface area contributed by atoms with Gasteiger partial charge in [-0.1, -0.05) is 0 Å². The molecule has 0 saturated carbocycles. The fourth-order valence-electron chi connectivity index (χ4n) is 1.72. The average Bonchev–Trinajstić information content (AvgIpc) is 1.96. The maximum atomic E-state index is 9.44. The molecule has 0 spiro atoms. The summed E-state index contributed by atoms with van der Waals surface area (Å²) < 4.78 is 1.06. The molecule has 1 aliphatic rings. The number of aryl methyl sites for hydroxylation is 2. The molecule has 0 fully saturated rings. The van der Waals surface area contributed by atoms with E-state index in [4.69, 9.17) is 0 Å². The van der Waals surface area contributed by atoms with Crippen LogP contribution in [0.15, 0.2) is 4.47 Å². The number of nitrogens with zero attached hydrogens (tertiary/aromatic N) is 1. The van der Waals surface area contributed by atoms with Crippen molar-refractivity contribution in [3.8, 4) is 0 Å². The van der Waals surface area contributed by atoms with E-state index in [-0.39, 0.29) is 6.10 Å². The zero-order valence-corrected chi connectivity index (χ0v) is 8.64. The summed E-state index contributed by atoms with van der Waals surface area (Å²) in [6, 6.07) is 0. The van der Waals surface area contributed by atoms with E-state index in [2.05, 4.69) is 20.9 Å². The SMILES string of the molecule is Cc1nc(C)c2c(c1Br)CC2O. The maximum absolute atomic E-state index is 9.44. The Morgan fingerprint density at radius 2 is 2.08 bits per heavy atom. The van der Waals surface area contributed by atoms with Crippen LogP contribution in [0.2, 0.25) is 0 Å². The van der Waals surface area contributed by atoms with Crippen LogP contribution in [0.5, 0.6) is 0 Å². The van der Waals surface area contributed by atoms with E-state index in [0.29, 0.717) is 0 Å². The van der Waals surface area contributed by atoms with Gasteiger partial charge in [-0.05, 0) is 35.3 Å². The Kier molecular flexibility index (Phi) is 1.73. The second-order valence-corrected chi connectivity index (χ2v) is 4.00. The van der Waals surface area contributed by atoms with Gasteiger partial charge in [-0.3, -0.25) is 4.98 Å². The summed E-state index contributed by atoms with van der Waals surface area (Å²) in [6.45, 7) is 3.92. The molecule has 1 heterocycles. The molecule has 1 unspecified atom stereocenters. The molecule has 1 aliphatic carbocycles. The largest absolute Gasteiger partial charge is 0.388 e. The zero-order chi connectivity index (χ0) is 8.88. The Hall–Kier alpha value is -0.410. The highest BCUT2D eigenvalue weighted by Gasteiger charge is 2.29. The van der Waals surface area contributed by atoms with E-state index < -0.39 is 0 Å². The fraction of sp³-hybridized carbons (Fsp3) is 0.444. The smallest absolute Gasteiger partial charge is 0.0851 e. The first-order valence-corrected chi connectivity index (χ1v) is 4.74. The van der Waals surface area contributed by atoms with Gasteiger partial charge < -0.3 is 5.11 Å². The highest BCUT2D eigenvalue weighted by atomic mass is 79.9. The van der Waals surface area contributed by atoms with Gasteiger partial charge in [0.15, 0.2) is 0 Å². The molecule has 1 aromatic heterocycles. The molecule has 12 heavy (non-hydrogen) atoms. The lowest BCUT2D eigenvalue weighted by molar-refractivity contribution is 0.151. The van der Waals surface area contributed by atoms with E-state index in [0.717, 1.165) is 27.8 Å². The van der Waals surface area contributed by atoms with Crippen molar-refractivity contribution in [3.05, 3.63) is 27.0 Å². The summed E-state index contributed by atoms with van der Waals surface area (Å²) in [6.07, 6.45) is 0.476. The molecule has 1 atom stereocenters. The topological polar surface area (TPSA) is 33.1 Å². The number of rotatable bonds is 0. The number of pyridine rings is 1. The van der Waals surface area contributed by atoms with E-state index >= 15 is 0 Å². The van der Waals surface area contributed by atoms with Crippen LogP contribution in [0.1, 0.15) is 28.6 Å². The summed E-state index contributed by atoms with van der Waals surface area (Å²) in [7, 11) is 0. The number of halogens is 1. The molecule has 3 heteroatoms. The monoisotopic (exact) mass is 227 g/mol. The molecule has 0 bridgehead atoms. The van der Waals surface area contributed by atoms with Crippen molar-refractivity contribution in [3.63, 3.8) is 0 Å². The number of fused-ring (bicyclic) bond motifs is 1. The number of aliphatic hydroxyl groups is 1. The average molecular weight is 228 g/mol. The van der Waals surface area contributed by atoms with Crippen molar-refractivity contribution >= 4 is 15.9 Å². The summed E-state index contributed by atoms with van der Waals surface area (Å²) in [5.74, 6) is 0. The Morgan fingerprint density at radius 1 is 1.42 bits per heavy atom. The lowest BCUT2D eigenvalue weighted by Crippen LogP contribution is -2.20. The normalized spacial score (nSPS) is 20.2. The fourth-order valence-corrected chi connectivity index (χ4v) is 2.19.